The molecule has 0 bridgehead atoms. The van der Waals surface area contributed by atoms with Crippen LogP contribution in [0.3, 0.4) is 0 Å². The Morgan fingerprint density at radius 1 is 1.14 bits per heavy atom. The van der Waals surface area contributed by atoms with Gasteiger partial charge in [0.25, 0.3) is 5.91 Å². The minimum Gasteiger partial charge on any atom is -0.497 e. The second-order valence-electron chi connectivity index (χ2n) is 7.57. The lowest BCUT2D eigenvalue weighted by atomic mass is 9.96. The number of nitrogens with zero attached hydrogens (tertiary/aromatic N) is 5. The molecule has 2 heterocycles. The number of amides is 3. The zero-order valence-corrected chi connectivity index (χ0v) is 17.2. The van der Waals surface area contributed by atoms with E-state index in [2.05, 4.69) is 22.0 Å². The summed E-state index contributed by atoms with van der Waals surface area (Å²) in [6.07, 6.45) is 1.99. The minimum absolute atomic E-state index is 0.265. The van der Waals surface area contributed by atoms with Crippen molar-refractivity contribution in [2.24, 2.45) is 16.8 Å². The first-order chi connectivity index (χ1) is 13.9. The molecule has 8 nitrogen and oxygen atoms in total. The maximum Gasteiger partial charge on any atom is 0.331 e. The van der Waals surface area contributed by atoms with Crippen molar-refractivity contribution in [2.45, 2.75) is 19.4 Å². The molecule has 0 saturated carbocycles. The molecule has 2 aliphatic rings. The Labute approximate surface area is 171 Å². The van der Waals surface area contributed by atoms with Crippen molar-refractivity contribution < 1.29 is 14.3 Å². The Morgan fingerprint density at radius 2 is 1.79 bits per heavy atom. The third-order valence-electron chi connectivity index (χ3n) is 5.67. The number of carbonyl (C=O) groups excluding carboxylic acids is 2. The molecule has 3 amide bonds. The lowest BCUT2D eigenvalue weighted by molar-refractivity contribution is -0.129. The summed E-state index contributed by atoms with van der Waals surface area (Å²) in [5, 5.41) is 9.37. The molecule has 1 atom stereocenters. The van der Waals surface area contributed by atoms with Crippen molar-refractivity contribution in [1.29, 1.82) is 5.26 Å². The van der Waals surface area contributed by atoms with Crippen LogP contribution >= 0.6 is 0 Å². The van der Waals surface area contributed by atoms with Crippen molar-refractivity contribution in [3.05, 3.63) is 29.8 Å². The van der Waals surface area contributed by atoms with Gasteiger partial charge >= 0.3 is 6.03 Å². The summed E-state index contributed by atoms with van der Waals surface area (Å²) in [6.45, 7) is 3.37. The lowest BCUT2D eigenvalue weighted by Crippen LogP contribution is -2.56. The van der Waals surface area contributed by atoms with Crippen LogP contribution in [-0.2, 0) is 11.3 Å². The number of ether oxygens (including phenoxy) is 1. The monoisotopic (exact) mass is 397 g/mol. The minimum atomic E-state index is -1.02. The molecular formula is C21H27N5O3. The number of rotatable bonds is 5. The number of piperidine rings is 1. The lowest BCUT2D eigenvalue weighted by Gasteiger charge is -2.34. The highest BCUT2D eigenvalue weighted by Gasteiger charge is 2.41. The van der Waals surface area contributed by atoms with E-state index in [1.807, 2.05) is 18.2 Å². The summed E-state index contributed by atoms with van der Waals surface area (Å²) in [6, 6.07) is 9.66. The smallest absolute Gasteiger partial charge is 0.331 e. The quantitative estimate of drug-likeness (QED) is 0.758. The van der Waals surface area contributed by atoms with Gasteiger partial charge in [0.15, 0.2) is 5.92 Å². The van der Waals surface area contributed by atoms with Crippen LogP contribution in [0, 0.1) is 23.2 Å². The number of hydrogen-bond acceptors (Lipinski definition) is 6. The third-order valence-corrected chi connectivity index (χ3v) is 5.67. The summed E-state index contributed by atoms with van der Waals surface area (Å²) in [5.74, 6) is -0.0203. The standard InChI is InChI=1S/C21H27N5O3/c1-24-19(18(12-22)20(27)25(2)21(24)28)23-13-15-8-10-26(11-9-15)14-16-4-6-17(29-3)7-5-16/h4-7,15,18H,8-11,13-14H2,1-3H3. The molecule has 29 heavy (non-hydrogen) atoms. The Hall–Kier alpha value is -2.92. The number of likely N-dealkylation sites (tertiary alicyclic amines) is 1. The second-order valence-corrected chi connectivity index (χ2v) is 7.57. The highest BCUT2D eigenvalue weighted by Crippen LogP contribution is 2.22. The van der Waals surface area contributed by atoms with Gasteiger partial charge < -0.3 is 4.74 Å². The summed E-state index contributed by atoms with van der Waals surface area (Å²) in [7, 11) is 4.61. The van der Waals surface area contributed by atoms with Gasteiger partial charge in [-0.1, -0.05) is 12.1 Å². The SMILES string of the molecule is COc1ccc(CN2CCC(CN=C3C(C#N)C(=O)N(C)C(=O)N3C)CC2)cc1. The fourth-order valence-corrected chi connectivity index (χ4v) is 3.76. The number of imide groups is 1. The zero-order valence-electron chi connectivity index (χ0n) is 17.2. The molecule has 0 N–H and O–H groups in total. The molecule has 3 rings (SSSR count). The number of benzene rings is 1. The molecule has 2 saturated heterocycles. The number of methoxy groups -OCH3 is 1. The van der Waals surface area contributed by atoms with Gasteiger partial charge in [-0.05, 0) is 49.5 Å². The predicted molar refractivity (Wildman–Crippen MR) is 108 cm³/mol. The van der Waals surface area contributed by atoms with Gasteiger partial charge in [-0.25, -0.2) is 4.79 Å². The molecule has 0 spiro atoms. The van der Waals surface area contributed by atoms with Crippen LogP contribution in [0.5, 0.6) is 5.75 Å². The molecule has 1 aromatic carbocycles. The largest absolute Gasteiger partial charge is 0.497 e. The normalized spacial score (nSPS) is 22.8. The van der Waals surface area contributed by atoms with Crippen LogP contribution in [0.2, 0.25) is 0 Å². The number of amidine groups is 1. The molecule has 2 aliphatic heterocycles. The van der Waals surface area contributed by atoms with Crippen LogP contribution in [-0.4, -0.2) is 73.3 Å². The maximum atomic E-state index is 12.2. The third kappa shape index (κ3) is 4.57. The highest BCUT2D eigenvalue weighted by molar-refractivity contribution is 6.19. The number of carbonyl (C=O) groups is 2. The first kappa shape index (κ1) is 20.8. The summed E-state index contributed by atoms with van der Waals surface area (Å²) in [5.41, 5.74) is 1.26. The van der Waals surface area contributed by atoms with Crippen molar-refractivity contribution >= 4 is 17.8 Å². The first-order valence-corrected chi connectivity index (χ1v) is 9.79. The summed E-state index contributed by atoms with van der Waals surface area (Å²) < 4.78 is 5.20. The molecule has 8 heteroatoms. The second kappa shape index (κ2) is 9.05. The van der Waals surface area contributed by atoms with Gasteiger partial charge in [0, 0.05) is 27.2 Å². The number of hydrogen-bond donors (Lipinski definition) is 0. The van der Waals surface area contributed by atoms with Gasteiger partial charge in [-0.15, -0.1) is 0 Å². The molecule has 0 radical (unpaired) electrons. The summed E-state index contributed by atoms with van der Waals surface area (Å²) in [4.78, 5) is 33.6. The fraction of sp³-hybridized carbons (Fsp3) is 0.524. The topological polar surface area (TPSA) is 89.2 Å². The molecule has 154 valence electrons. The van der Waals surface area contributed by atoms with Crippen LogP contribution in [0.4, 0.5) is 4.79 Å². The van der Waals surface area contributed by atoms with Gasteiger partial charge in [0.1, 0.15) is 11.6 Å². The first-order valence-electron chi connectivity index (χ1n) is 9.79. The maximum absolute atomic E-state index is 12.2. The van der Waals surface area contributed by atoms with Gasteiger partial charge in [-0.3, -0.25) is 24.5 Å². The van der Waals surface area contributed by atoms with E-state index in [-0.39, 0.29) is 5.84 Å². The van der Waals surface area contributed by atoms with E-state index in [1.54, 1.807) is 14.2 Å². The summed E-state index contributed by atoms with van der Waals surface area (Å²) >= 11 is 0. The van der Waals surface area contributed by atoms with Crippen molar-refractivity contribution in [2.75, 3.05) is 40.8 Å². The van der Waals surface area contributed by atoms with Gasteiger partial charge in [-0.2, -0.15) is 5.26 Å². The van der Waals surface area contributed by atoms with Crippen LogP contribution in [0.25, 0.3) is 0 Å². The van der Waals surface area contributed by atoms with Gasteiger partial charge in [0.05, 0.1) is 13.2 Å². The Bertz CT molecular complexity index is 822. The van der Waals surface area contributed by atoms with E-state index in [4.69, 9.17) is 4.74 Å². The molecule has 2 fully saturated rings. The number of urea groups is 1. The number of nitriles is 1. The van der Waals surface area contributed by atoms with E-state index in [1.165, 1.54) is 17.5 Å². The van der Waals surface area contributed by atoms with E-state index in [0.717, 1.165) is 43.1 Å². The average Bonchev–Trinajstić information content (AvgIpc) is 2.75. The predicted octanol–water partition coefficient (Wildman–Crippen LogP) is 1.97. The van der Waals surface area contributed by atoms with Crippen molar-refractivity contribution in [3.8, 4) is 11.8 Å². The van der Waals surface area contributed by atoms with Gasteiger partial charge in [0.2, 0.25) is 0 Å². The van der Waals surface area contributed by atoms with Crippen LogP contribution in [0.1, 0.15) is 18.4 Å². The highest BCUT2D eigenvalue weighted by atomic mass is 16.5. The zero-order chi connectivity index (χ0) is 21.0. The van der Waals surface area contributed by atoms with E-state index in [0.29, 0.717) is 12.5 Å². The molecule has 0 aromatic heterocycles. The van der Waals surface area contributed by atoms with Crippen LogP contribution < -0.4 is 4.74 Å². The molecular weight excluding hydrogens is 370 g/mol. The van der Waals surface area contributed by atoms with E-state index >= 15 is 0 Å². The molecule has 1 unspecified atom stereocenters. The van der Waals surface area contributed by atoms with Crippen molar-refractivity contribution in [3.63, 3.8) is 0 Å². The van der Waals surface area contributed by atoms with Crippen LogP contribution in [0.15, 0.2) is 29.3 Å². The molecule has 1 aromatic rings. The number of aliphatic imine (C=N–C) groups is 1. The Kier molecular flexibility index (Phi) is 6.49. The average molecular weight is 397 g/mol. The van der Waals surface area contributed by atoms with E-state index < -0.39 is 17.9 Å². The van der Waals surface area contributed by atoms with E-state index in [9.17, 15) is 14.9 Å². The fourth-order valence-electron chi connectivity index (χ4n) is 3.76. The Morgan fingerprint density at radius 3 is 2.38 bits per heavy atom. The van der Waals surface area contributed by atoms with Crippen molar-refractivity contribution in [1.82, 2.24) is 14.7 Å². The Balaban J connectivity index is 1.55. The molecule has 0 aliphatic carbocycles.